The van der Waals surface area contributed by atoms with Gasteiger partial charge in [-0.05, 0) is 43.3 Å². The Kier molecular flexibility index (Phi) is 6.22. The number of pyridine rings is 1. The van der Waals surface area contributed by atoms with Crippen LogP contribution in [-0.4, -0.2) is 44.2 Å². The molecule has 0 atom stereocenters. The van der Waals surface area contributed by atoms with Gasteiger partial charge in [0.1, 0.15) is 5.75 Å². The van der Waals surface area contributed by atoms with Gasteiger partial charge < -0.3 is 10.6 Å². The summed E-state index contributed by atoms with van der Waals surface area (Å²) in [6, 6.07) is 12.5. The van der Waals surface area contributed by atoms with Crippen molar-refractivity contribution in [1.29, 1.82) is 0 Å². The molecule has 3 rings (SSSR count). The number of thioether (sulfide) groups is 1. The van der Waals surface area contributed by atoms with Crippen LogP contribution in [0.15, 0.2) is 58.9 Å². The minimum Gasteiger partial charge on any atom is -0.497 e. The number of nitrogens with one attached hydrogen (secondary N) is 1. The maximum absolute atomic E-state index is 12.3. The monoisotopic (exact) mass is 397 g/mol. The van der Waals surface area contributed by atoms with Crippen LogP contribution in [0.2, 0.25) is 0 Å². The summed E-state index contributed by atoms with van der Waals surface area (Å²) in [6.45, 7) is 1.82. The largest absolute Gasteiger partial charge is 0.497 e. The van der Waals surface area contributed by atoms with Gasteiger partial charge in [0.15, 0.2) is 5.78 Å². The molecule has 0 bridgehead atoms. The Balaban J connectivity index is 1.60. The zero-order valence-electron chi connectivity index (χ0n) is 15.4. The molecular weight excluding hydrogens is 378 g/mol. The number of benzene rings is 1. The van der Waals surface area contributed by atoms with Gasteiger partial charge in [0.25, 0.3) is 5.95 Å². The molecule has 0 fully saturated rings. The maximum atomic E-state index is 12.3. The second kappa shape index (κ2) is 9.00. The number of nitrogen functional groups attached to an aromatic ring is 1. The van der Waals surface area contributed by atoms with Crippen molar-refractivity contribution >= 4 is 29.2 Å². The minimum absolute atomic E-state index is 0.0471. The topological polar surface area (TPSA) is 120 Å². The van der Waals surface area contributed by atoms with Gasteiger partial charge in [-0.25, -0.2) is 10.1 Å². The summed E-state index contributed by atoms with van der Waals surface area (Å²) in [7, 11) is 1.58. The zero-order chi connectivity index (χ0) is 19.9. The molecule has 0 radical (unpaired) electrons. The van der Waals surface area contributed by atoms with Crippen molar-refractivity contribution in [3.05, 3.63) is 59.9 Å². The van der Waals surface area contributed by atoms with Crippen molar-refractivity contribution in [2.24, 2.45) is 5.10 Å². The summed E-state index contributed by atoms with van der Waals surface area (Å²) < 4.78 is 6.34. The molecule has 3 aromatic rings. The molecule has 2 heterocycles. The number of Topliss-reactive ketones (excluding diaryl/α,β-unsaturated/α-hetero) is 1. The molecule has 2 aromatic heterocycles. The normalized spacial score (nSPS) is 11.3. The quantitative estimate of drug-likeness (QED) is 0.195. The van der Waals surface area contributed by atoms with E-state index in [0.717, 1.165) is 5.69 Å². The molecule has 144 valence electrons. The molecular formula is C18H19N7O2S. The Bertz CT molecular complexity index is 971. The number of ether oxygens (including phenoxy) is 1. The van der Waals surface area contributed by atoms with Crippen LogP contribution in [0.25, 0.3) is 0 Å². The van der Waals surface area contributed by atoms with Gasteiger partial charge in [-0.3, -0.25) is 9.78 Å². The van der Waals surface area contributed by atoms with Crippen molar-refractivity contribution in [3.8, 4) is 5.75 Å². The van der Waals surface area contributed by atoms with E-state index in [0.29, 0.717) is 22.2 Å². The Morgan fingerprint density at radius 1 is 1.25 bits per heavy atom. The highest BCUT2D eigenvalue weighted by molar-refractivity contribution is 7.99. The van der Waals surface area contributed by atoms with Crippen molar-refractivity contribution in [3.63, 3.8) is 0 Å². The highest BCUT2D eigenvalue weighted by Gasteiger charge is 2.13. The first-order valence-electron chi connectivity index (χ1n) is 8.30. The summed E-state index contributed by atoms with van der Waals surface area (Å²) in [5.41, 5.74) is 4.76. The highest BCUT2D eigenvalue weighted by Crippen LogP contribution is 2.19. The highest BCUT2D eigenvalue weighted by atomic mass is 32.2. The van der Waals surface area contributed by atoms with Crippen LogP contribution in [0.1, 0.15) is 23.0 Å². The molecule has 0 spiro atoms. The van der Waals surface area contributed by atoms with Crippen LogP contribution in [0.5, 0.6) is 5.75 Å². The SMILES string of the molecule is COc1ccc(C(=O)CSc2nnc(N/N=C(\C)c3ccccn3)n2N)cc1. The van der Waals surface area contributed by atoms with Crippen LogP contribution >= 0.6 is 11.8 Å². The number of ketones is 1. The Morgan fingerprint density at radius 2 is 2.04 bits per heavy atom. The fourth-order valence-electron chi connectivity index (χ4n) is 2.21. The van der Waals surface area contributed by atoms with E-state index in [9.17, 15) is 4.79 Å². The van der Waals surface area contributed by atoms with Crippen LogP contribution in [0.4, 0.5) is 5.95 Å². The van der Waals surface area contributed by atoms with E-state index >= 15 is 0 Å². The van der Waals surface area contributed by atoms with E-state index in [1.54, 1.807) is 37.6 Å². The first kappa shape index (κ1) is 19.4. The predicted octanol–water partition coefficient (Wildman–Crippen LogP) is 2.21. The van der Waals surface area contributed by atoms with Crippen LogP contribution in [0, 0.1) is 0 Å². The minimum atomic E-state index is -0.0471. The Morgan fingerprint density at radius 3 is 2.71 bits per heavy atom. The second-order valence-corrected chi connectivity index (χ2v) is 6.58. The number of methoxy groups -OCH3 is 1. The summed E-state index contributed by atoms with van der Waals surface area (Å²) in [6.07, 6.45) is 1.69. The molecule has 1 aromatic carbocycles. The van der Waals surface area contributed by atoms with Crippen molar-refractivity contribution in [2.75, 3.05) is 24.1 Å². The van der Waals surface area contributed by atoms with Crippen LogP contribution in [0.3, 0.4) is 0 Å². The molecule has 0 saturated carbocycles. The predicted molar refractivity (Wildman–Crippen MR) is 108 cm³/mol. The molecule has 0 aliphatic rings. The number of aromatic nitrogens is 4. The summed E-state index contributed by atoms with van der Waals surface area (Å²) >= 11 is 1.19. The molecule has 0 aliphatic carbocycles. The lowest BCUT2D eigenvalue weighted by Gasteiger charge is -2.04. The van der Waals surface area contributed by atoms with Gasteiger partial charge in [-0.2, -0.15) is 5.10 Å². The molecule has 10 heteroatoms. The lowest BCUT2D eigenvalue weighted by Crippen LogP contribution is -2.14. The van der Waals surface area contributed by atoms with E-state index < -0.39 is 0 Å². The average molecular weight is 397 g/mol. The molecule has 28 heavy (non-hydrogen) atoms. The number of carbonyl (C=O) groups is 1. The lowest BCUT2D eigenvalue weighted by molar-refractivity contribution is 0.102. The first-order valence-corrected chi connectivity index (χ1v) is 9.29. The summed E-state index contributed by atoms with van der Waals surface area (Å²) in [5.74, 6) is 7.07. The van der Waals surface area contributed by atoms with E-state index in [4.69, 9.17) is 10.6 Å². The Hall–Kier alpha value is -3.40. The molecule has 3 N–H and O–H groups in total. The van der Waals surface area contributed by atoms with E-state index in [1.807, 2.05) is 25.1 Å². The summed E-state index contributed by atoms with van der Waals surface area (Å²) in [5, 5.41) is 12.6. The van der Waals surface area contributed by atoms with Gasteiger partial charge in [-0.15, -0.1) is 10.2 Å². The third-order valence-electron chi connectivity index (χ3n) is 3.77. The standard InChI is InChI=1S/C18H19N7O2S/c1-12(15-5-3-4-10-20-15)21-22-17-23-24-18(25(17)19)28-11-16(26)13-6-8-14(27-2)9-7-13/h3-10H,11,19H2,1-2H3,(H,22,23)/b21-12+. The number of rotatable bonds is 8. The fraction of sp³-hybridized carbons (Fsp3) is 0.167. The molecule has 0 saturated heterocycles. The van der Waals surface area contributed by atoms with Crippen LogP contribution in [-0.2, 0) is 0 Å². The lowest BCUT2D eigenvalue weighted by atomic mass is 10.1. The van der Waals surface area contributed by atoms with E-state index in [-0.39, 0.29) is 17.5 Å². The molecule has 9 nitrogen and oxygen atoms in total. The maximum Gasteiger partial charge on any atom is 0.264 e. The number of nitrogens with two attached hydrogens (primary N) is 1. The molecule has 0 aliphatic heterocycles. The third-order valence-corrected chi connectivity index (χ3v) is 4.71. The first-order chi connectivity index (χ1) is 13.6. The Labute approximate surface area is 166 Å². The van der Waals surface area contributed by atoms with Crippen molar-refractivity contribution < 1.29 is 9.53 Å². The van der Waals surface area contributed by atoms with Gasteiger partial charge in [-0.1, -0.05) is 17.8 Å². The number of anilines is 1. The molecule has 0 amide bonds. The number of nitrogens with zero attached hydrogens (tertiary/aromatic N) is 5. The van der Waals surface area contributed by atoms with Crippen LogP contribution < -0.4 is 16.0 Å². The van der Waals surface area contributed by atoms with Gasteiger partial charge in [0.05, 0.1) is 24.3 Å². The van der Waals surface area contributed by atoms with E-state index in [1.165, 1.54) is 16.4 Å². The van der Waals surface area contributed by atoms with Crippen molar-refractivity contribution in [1.82, 2.24) is 19.9 Å². The van der Waals surface area contributed by atoms with Gasteiger partial charge in [0, 0.05) is 11.8 Å². The van der Waals surface area contributed by atoms with Crippen molar-refractivity contribution in [2.45, 2.75) is 12.1 Å². The molecule has 0 unspecified atom stereocenters. The number of carbonyl (C=O) groups excluding carboxylic acids is 1. The third kappa shape index (κ3) is 4.65. The number of hydrogen-bond donors (Lipinski definition) is 2. The van der Waals surface area contributed by atoms with Gasteiger partial charge in [0.2, 0.25) is 5.16 Å². The fourth-order valence-corrected chi connectivity index (χ4v) is 2.96. The number of hydrazone groups is 1. The van der Waals surface area contributed by atoms with E-state index in [2.05, 4.69) is 25.7 Å². The zero-order valence-corrected chi connectivity index (χ0v) is 16.2. The second-order valence-electron chi connectivity index (χ2n) is 5.64. The summed E-state index contributed by atoms with van der Waals surface area (Å²) in [4.78, 5) is 16.5. The average Bonchev–Trinajstić information content (AvgIpc) is 3.10. The van der Waals surface area contributed by atoms with Gasteiger partial charge >= 0.3 is 0 Å². The smallest absolute Gasteiger partial charge is 0.264 e. The number of hydrogen-bond acceptors (Lipinski definition) is 9.